The number of anilines is 2. The molecule has 2 rings (SSSR count). The number of aromatic nitrogens is 1. The minimum Gasteiger partial charge on any atom is -0.409 e. The average molecular weight is 242 g/mol. The van der Waals surface area contributed by atoms with Gasteiger partial charge >= 0.3 is 0 Å². The third-order valence-electron chi connectivity index (χ3n) is 2.69. The highest BCUT2D eigenvalue weighted by molar-refractivity contribution is 5.98. The van der Waals surface area contributed by atoms with Gasteiger partial charge in [-0.1, -0.05) is 17.3 Å². The van der Waals surface area contributed by atoms with Crippen molar-refractivity contribution in [1.29, 1.82) is 0 Å². The van der Waals surface area contributed by atoms with E-state index in [0.29, 0.717) is 5.56 Å². The van der Waals surface area contributed by atoms with Crippen LogP contribution in [0.25, 0.3) is 0 Å². The minimum atomic E-state index is 0.0972. The number of benzene rings is 1. The summed E-state index contributed by atoms with van der Waals surface area (Å²) in [4.78, 5) is 5.98. The summed E-state index contributed by atoms with van der Waals surface area (Å²) in [5.74, 6) is 0.0972. The number of rotatable bonds is 3. The number of amidine groups is 1. The van der Waals surface area contributed by atoms with Gasteiger partial charge in [-0.2, -0.15) is 0 Å². The van der Waals surface area contributed by atoms with Crippen LogP contribution in [0.1, 0.15) is 5.56 Å². The Labute approximate surface area is 105 Å². The summed E-state index contributed by atoms with van der Waals surface area (Å²) < 4.78 is 0. The Hall–Kier alpha value is -2.56. The molecule has 0 fully saturated rings. The summed E-state index contributed by atoms with van der Waals surface area (Å²) in [5.41, 5.74) is 8.22. The van der Waals surface area contributed by atoms with Gasteiger partial charge in [-0.25, -0.2) is 0 Å². The Balaban J connectivity index is 2.34. The van der Waals surface area contributed by atoms with E-state index in [1.165, 1.54) is 0 Å². The van der Waals surface area contributed by atoms with Gasteiger partial charge in [-0.3, -0.25) is 4.98 Å². The van der Waals surface area contributed by atoms with Gasteiger partial charge in [-0.05, 0) is 24.3 Å². The summed E-state index contributed by atoms with van der Waals surface area (Å²) in [5, 5.41) is 11.7. The number of oxime groups is 1. The lowest BCUT2D eigenvalue weighted by molar-refractivity contribution is 0.318. The first kappa shape index (κ1) is 11.9. The lowest BCUT2D eigenvalue weighted by Crippen LogP contribution is -2.15. The molecule has 5 heteroatoms. The highest BCUT2D eigenvalue weighted by Crippen LogP contribution is 2.23. The molecular formula is C13H14N4O. The fraction of sp³-hybridized carbons (Fsp3) is 0.0769. The van der Waals surface area contributed by atoms with E-state index in [1.807, 2.05) is 42.3 Å². The molecule has 18 heavy (non-hydrogen) atoms. The summed E-state index contributed by atoms with van der Waals surface area (Å²) in [7, 11) is 1.95. The fourth-order valence-corrected chi connectivity index (χ4v) is 1.65. The molecule has 0 bridgehead atoms. The van der Waals surface area contributed by atoms with E-state index in [-0.39, 0.29) is 5.84 Å². The minimum absolute atomic E-state index is 0.0972. The first-order chi connectivity index (χ1) is 8.72. The number of nitrogens with zero attached hydrogens (tertiary/aromatic N) is 3. The van der Waals surface area contributed by atoms with Gasteiger partial charge in [0.1, 0.15) is 0 Å². The van der Waals surface area contributed by atoms with E-state index in [4.69, 9.17) is 10.9 Å². The van der Waals surface area contributed by atoms with E-state index >= 15 is 0 Å². The van der Waals surface area contributed by atoms with Crippen molar-refractivity contribution in [2.45, 2.75) is 0 Å². The zero-order valence-electron chi connectivity index (χ0n) is 9.99. The van der Waals surface area contributed by atoms with Crippen molar-refractivity contribution in [1.82, 2.24) is 4.98 Å². The zero-order valence-corrected chi connectivity index (χ0v) is 9.99. The Morgan fingerprint density at radius 1 is 1.22 bits per heavy atom. The smallest absolute Gasteiger partial charge is 0.170 e. The van der Waals surface area contributed by atoms with Crippen molar-refractivity contribution < 1.29 is 5.21 Å². The van der Waals surface area contributed by atoms with Gasteiger partial charge in [0.25, 0.3) is 0 Å². The molecule has 92 valence electrons. The second kappa shape index (κ2) is 5.18. The summed E-state index contributed by atoms with van der Waals surface area (Å²) in [6.07, 6.45) is 3.47. The van der Waals surface area contributed by atoms with Crippen molar-refractivity contribution in [2.75, 3.05) is 11.9 Å². The Kier molecular flexibility index (Phi) is 3.43. The molecular weight excluding hydrogens is 228 g/mol. The molecule has 2 aromatic rings. The van der Waals surface area contributed by atoms with Crippen LogP contribution in [0.4, 0.5) is 11.4 Å². The van der Waals surface area contributed by atoms with Gasteiger partial charge in [0.2, 0.25) is 0 Å². The summed E-state index contributed by atoms with van der Waals surface area (Å²) in [6.45, 7) is 0. The van der Waals surface area contributed by atoms with Crippen LogP contribution in [0, 0.1) is 0 Å². The molecule has 0 aliphatic carbocycles. The third-order valence-corrected chi connectivity index (χ3v) is 2.69. The van der Waals surface area contributed by atoms with Crippen molar-refractivity contribution in [3.63, 3.8) is 0 Å². The van der Waals surface area contributed by atoms with E-state index in [2.05, 4.69) is 10.1 Å². The second-order valence-electron chi connectivity index (χ2n) is 3.80. The standard InChI is InChI=1S/C13H14N4O/c1-17(11-5-7-15-8-6-11)12-4-2-3-10(9-12)13(14)16-18/h2-9,18H,1H3,(H2,14,16). The topological polar surface area (TPSA) is 74.7 Å². The summed E-state index contributed by atoms with van der Waals surface area (Å²) in [6, 6.07) is 11.3. The zero-order chi connectivity index (χ0) is 13.0. The molecule has 0 saturated heterocycles. The SMILES string of the molecule is CN(c1ccncc1)c1cccc(C(N)=NO)c1. The average Bonchev–Trinajstić information content (AvgIpc) is 2.46. The molecule has 0 unspecified atom stereocenters. The van der Waals surface area contributed by atoms with Crippen molar-refractivity contribution in [3.8, 4) is 0 Å². The number of pyridine rings is 1. The Bertz CT molecular complexity index is 554. The molecule has 0 radical (unpaired) electrons. The fourth-order valence-electron chi connectivity index (χ4n) is 1.65. The second-order valence-corrected chi connectivity index (χ2v) is 3.80. The molecule has 0 spiro atoms. The molecule has 1 heterocycles. The molecule has 0 saturated carbocycles. The Morgan fingerprint density at radius 2 is 1.94 bits per heavy atom. The quantitative estimate of drug-likeness (QED) is 0.373. The molecule has 0 amide bonds. The molecule has 5 nitrogen and oxygen atoms in total. The predicted molar refractivity (Wildman–Crippen MR) is 71.3 cm³/mol. The van der Waals surface area contributed by atoms with Crippen molar-refractivity contribution >= 4 is 17.2 Å². The van der Waals surface area contributed by atoms with Crippen LogP contribution in [-0.2, 0) is 0 Å². The Morgan fingerprint density at radius 3 is 2.61 bits per heavy atom. The normalized spacial score (nSPS) is 11.3. The van der Waals surface area contributed by atoms with Gasteiger partial charge in [-0.15, -0.1) is 0 Å². The number of hydrogen-bond acceptors (Lipinski definition) is 4. The monoisotopic (exact) mass is 242 g/mol. The first-order valence-corrected chi connectivity index (χ1v) is 5.44. The van der Waals surface area contributed by atoms with E-state index in [9.17, 15) is 0 Å². The van der Waals surface area contributed by atoms with Crippen LogP contribution in [0.5, 0.6) is 0 Å². The molecule has 0 atom stereocenters. The number of hydrogen-bond donors (Lipinski definition) is 2. The van der Waals surface area contributed by atoms with E-state index < -0.39 is 0 Å². The molecule has 1 aromatic heterocycles. The first-order valence-electron chi connectivity index (χ1n) is 5.44. The van der Waals surface area contributed by atoms with Crippen LogP contribution in [-0.4, -0.2) is 23.1 Å². The third kappa shape index (κ3) is 2.40. The van der Waals surface area contributed by atoms with Gasteiger partial charge in [0.05, 0.1) is 0 Å². The lowest BCUT2D eigenvalue weighted by atomic mass is 10.1. The largest absolute Gasteiger partial charge is 0.409 e. The van der Waals surface area contributed by atoms with E-state index in [0.717, 1.165) is 11.4 Å². The van der Waals surface area contributed by atoms with Crippen molar-refractivity contribution in [3.05, 3.63) is 54.4 Å². The maximum absolute atomic E-state index is 8.68. The maximum Gasteiger partial charge on any atom is 0.170 e. The van der Waals surface area contributed by atoms with Crippen LogP contribution < -0.4 is 10.6 Å². The van der Waals surface area contributed by atoms with Gasteiger partial charge in [0.15, 0.2) is 5.84 Å². The molecule has 0 aliphatic rings. The number of nitrogens with two attached hydrogens (primary N) is 1. The van der Waals surface area contributed by atoms with Crippen LogP contribution in [0.3, 0.4) is 0 Å². The van der Waals surface area contributed by atoms with Crippen molar-refractivity contribution in [2.24, 2.45) is 10.9 Å². The van der Waals surface area contributed by atoms with E-state index in [1.54, 1.807) is 18.5 Å². The van der Waals surface area contributed by atoms with Crippen LogP contribution in [0.15, 0.2) is 53.9 Å². The van der Waals surface area contributed by atoms with Crippen LogP contribution in [0.2, 0.25) is 0 Å². The molecule has 1 aromatic carbocycles. The lowest BCUT2D eigenvalue weighted by Gasteiger charge is -2.19. The highest BCUT2D eigenvalue weighted by Gasteiger charge is 2.06. The molecule has 0 aliphatic heterocycles. The maximum atomic E-state index is 8.68. The molecule has 3 N–H and O–H groups in total. The predicted octanol–water partition coefficient (Wildman–Crippen LogP) is 1.94. The van der Waals surface area contributed by atoms with Gasteiger partial charge < -0.3 is 15.8 Å². The highest BCUT2D eigenvalue weighted by atomic mass is 16.4. The van der Waals surface area contributed by atoms with Crippen LogP contribution >= 0.6 is 0 Å². The van der Waals surface area contributed by atoms with Gasteiger partial charge in [0, 0.05) is 36.4 Å². The summed E-state index contributed by atoms with van der Waals surface area (Å²) >= 11 is 0.